The smallest absolute Gasteiger partial charge is 0.132 e. The molecule has 0 rings (SSSR count). The molecule has 1 atom stereocenters. The van der Waals surface area contributed by atoms with Crippen molar-refractivity contribution in [1.82, 2.24) is 0 Å². The Balaban J connectivity index is 3.61. The monoisotopic (exact) mass is 160 g/mol. The average molecular weight is 160 g/mol. The van der Waals surface area contributed by atoms with E-state index in [1.165, 1.54) is 0 Å². The Kier molecular flexibility index (Phi) is 5.79. The predicted molar refractivity (Wildman–Crippen MR) is 47.5 cm³/mol. The van der Waals surface area contributed by atoms with Crippen molar-refractivity contribution in [2.75, 3.05) is 5.75 Å². The van der Waals surface area contributed by atoms with Crippen molar-refractivity contribution in [3.8, 4) is 0 Å². The summed E-state index contributed by atoms with van der Waals surface area (Å²) < 4.78 is 0. The molecule has 0 radical (unpaired) electrons. The van der Waals surface area contributed by atoms with Crippen LogP contribution in [-0.4, -0.2) is 11.5 Å². The van der Waals surface area contributed by atoms with Gasteiger partial charge in [-0.05, 0) is 25.5 Å². The van der Waals surface area contributed by atoms with Crippen LogP contribution < -0.4 is 0 Å². The van der Waals surface area contributed by atoms with Crippen LogP contribution in [0.15, 0.2) is 0 Å². The van der Waals surface area contributed by atoms with Crippen LogP contribution in [0.25, 0.3) is 0 Å². The number of rotatable bonds is 5. The molecule has 0 saturated carbocycles. The van der Waals surface area contributed by atoms with Crippen LogP contribution in [0.4, 0.5) is 0 Å². The summed E-state index contributed by atoms with van der Waals surface area (Å²) in [6.45, 7) is 3.78. The fourth-order valence-corrected chi connectivity index (χ4v) is 1.37. The summed E-state index contributed by atoms with van der Waals surface area (Å²) in [6.07, 6.45) is 3.06. The molecule has 1 nitrogen and oxygen atoms in total. The zero-order chi connectivity index (χ0) is 7.98. The van der Waals surface area contributed by atoms with Gasteiger partial charge in [0.25, 0.3) is 0 Å². The van der Waals surface area contributed by atoms with E-state index in [0.29, 0.717) is 5.78 Å². The van der Waals surface area contributed by atoms with Crippen molar-refractivity contribution in [2.24, 2.45) is 5.92 Å². The van der Waals surface area contributed by atoms with Crippen LogP contribution in [0.3, 0.4) is 0 Å². The highest BCUT2D eigenvalue weighted by molar-refractivity contribution is 7.80. The number of hydrogen-bond donors (Lipinski definition) is 1. The SMILES string of the molecule is CCCC(CCS)C(C)=O. The minimum atomic E-state index is 0.266. The van der Waals surface area contributed by atoms with Crippen molar-refractivity contribution in [2.45, 2.75) is 33.1 Å². The summed E-state index contributed by atoms with van der Waals surface area (Å²) in [5.74, 6) is 1.41. The quantitative estimate of drug-likeness (QED) is 0.611. The number of carbonyl (C=O) groups is 1. The van der Waals surface area contributed by atoms with Crippen LogP contribution in [0.2, 0.25) is 0 Å². The lowest BCUT2D eigenvalue weighted by Gasteiger charge is -2.09. The summed E-state index contributed by atoms with van der Waals surface area (Å²) in [4.78, 5) is 10.9. The van der Waals surface area contributed by atoms with E-state index in [4.69, 9.17) is 0 Å². The molecule has 0 heterocycles. The van der Waals surface area contributed by atoms with Crippen molar-refractivity contribution >= 4 is 18.4 Å². The predicted octanol–water partition coefficient (Wildman–Crippen LogP) is 2.31. The third-order valence-corrected chi connectivity index (χ3v) is 1.95. The van der Waals surface area contributed by atoms with Gasteiger partial charge in [0, 0.05) is 5.92 Å². The third-order valence-electron chi connectivity index (χ3n) is 1.69. The lowest BCUT2D eigenvalue weighted by atomic mass is 9.97. The second-order valence-electron chi connectivity index (χ2n) is 2.61. The van der Waals surface area contributed by atoms with Gasteiger partial charge in [0.15, 0.2) is 0 Å². The molecule has 0 bridgehead atoms. The van der Waals surface area contributed by atoms with Gasteiger partial charge in [0.1, 0.15) is 5.78 Å². The van der Waals surface area contributed by atoms with E-state index < -0.39 is 0 Å². The van der Waals surface area contributed by atoms with Gasteiger partial charge >= 0.3 is 0 Å². The van der Waals surface area contributed by atoms with E-state index >= 15 is 0 Å². The van der Waals surface area contributed by atoms with E-state index in [9.17, 15) is 4.79 Å². The fraction of sp³-hybridized carbons (Fsp3) is 0.875. The van der Waals surface area contributed by atoms with Crippen molar-refractivity contribution in [3.05, 3.63) is 0 Å². The summed E-state index contributed by atoms with van der Waals surface area (Å²) in [5, 5.41) is 0. The van der Waals surface area contributed by atoms with Crippen LogP contribution in [0.5, 0.6) is 0 Å². The fourth-order valence-electron chi connectivity index (χ4n) is 1.06. The van der Waals surface area contributed by atoms with Gasteiger partial charge in [-0.15, -0.1) is 0 Å². The van der Waals surface area contributed by atoms with Gasteiger partial charge in [-0.3, -0.25) is 4.79 Å². The molecule has 0 fully saturated rings. The van der Waals surface area contributed by atoms with Gasteiger partial charge < -0.3 is 0 Å². The Hall–Kier alpha value is 0.0200. The number of hydrogen-bond acceptors (Lipinski definition) is 2. The third kappa shape index (κ3) is 3.94. The summed E-state index contributed by atoms with van der Waals surface area (Å²) in [5.41, 5.74) is 0. The van der Waals surface area contributed by atoms with Gasteiger partial charge in [0.2, 0.25) is 0 Å². The molecule has 0 amide bonds. The molecule has 0 aromatic heterocycles. The highest BCUT2D eigenvalue weighted by Crippen LogP contribution is 2.12. The lowest BCUT2D eigenvalue weighted by Crippen LogP contribution is -2.10. The molecule has 1 unspecified atom stereocenters. The highest BCUT2D eigenvalue weighted by atomic mass is 32.1. The van der Waals surface area contributed by atoms with Gasteiger partial charge in [-0.2, -0.15) is 12.6 Å². The van der Waals surface area contributed by atoms with Crippen molar-refractivity contribution in [3.63, 3.8) is 0 Å². The van der Waals surface area contributed by atoms with E-state index in [1.807, 2.05) is 0 Å². The lowest BCUT2D eigenvalue weighted by molar-refractivity contribution is -0.121. The topological polar surface area (TPSA) is 17.1 Å². The number of carbonyl (C=O) groups excluding carboxylic acids is 1. The summed E-state index contributed by atoms with van der Waals surface area (Å²) >= 11 is 4.10. The van der Waals surface area contributed by atoms with Crippen LogP contribution in [0, 0.1) is 5.92 Å². The molecule has 0 aromatic rings. The maximum absolute atomic E-state index is 10.9. The van der Waals surface area contributed by atoms with E-state index in [-0.39, 0.29) is 5.92 Å². The second kappa shape index (κ2) is 5.78. The minimum absolute atomic E-state index is 0.266. The van der Waals surface area contributed by atoms with Crippen LogP contribution in [0.1, 0.15) is 33.1 Å². The van der Waals surface area contributed by atoms with E-state index in [0.717, 1.165) is 25.0 Å². The zero-order valence-corrected chi connectivity index (χ0v) is 7.66. The first kappa shape index (κ1) is 10.0. The Labute approximate surface area is 68.6 Å². The first-order valence-corrected chi connectivity index (χ1v) is 4.47. The largest absolute Gasteiger partial charge is 0.300 e. The molecule has 0 aliphatic rings. The van der Waals surface area contributed by atoms with Crippen molar-refractivity contribution in [1.29, 1.82) is 0 Å². The average Bonchev–Trinajstić information content (AvgIpc) is 1.87. The Morgan fingerprint density at radius 3 is 2.40 bits per heavy atom. The molecule has 0 aliphatic heterocycles. The second-order valence-corrected chi connectivity index (χ2v) is 3.06. The maximum atomic E-state index is 10.9. The molecule has 0 saturated heterocycles. The molecule has 0 aromatic carbocycles. The number of thiol groups is 1. The maximum Gasteiger partial charge on any atom is 0.132 e. The van der Waals surface area contributed by atoms with Crippen LogP contribution in [-0.2, 0) is 4.79 Å². The minimum Gasteiger partial charge on any atom is -0.300 e. The van der Waals surface area contributed by atoms with E-state index in [1.54, 1.807) is 6.92 Å². The van der Waals surface area contributed by atoms with Gasteiger partial charge in [-0.1, -0.05) is 13.3 Å². The Morgan fingerprint density at radius 2 is 2.10 bits per heavy atom. The summed E-state index contributed by atoms with van der Waals surface area (Å²) in [6, 6.07) is 0. The molecule has 0 spiro atoms. The summed E-state index contributed by atoms with van der Waals surface area (Å²) in [7, 11) is 0. The van der Waals surface area contributed by atoms with Gasteiger partial charge in [-0.25, -0.2) is 0 Å². The highest BCUT2D eigenvalue weighted by Gasteiger charge is 2.10. The number of Topliss-reactive ketones (excluding diaryl/α,β-unsaturated/α-hetero) is 1. The van der Waals surface area contributed by atoms with Crippen molar-refractivity contribution < 1.29 is 4.79 Å². The molecular formula is C8H16OS. The Morgan fingerprint density at radius 1 is 1.50 bits per heavy atom. The first-order valence-electron chi connectivity index (χ1n) is 3.83. The molecule has 0 N–H and O–H groups in total. The number of ketones is 1. The zero-order valence-electron chi connectivity index (χ0n) is 6.76. The Bertz CT molecular complexity index is 95.4. The standard InChI is InChI=1S/C8H16OS/c1-3-4-8(5-6-10)7(2)9/h8,10H,3-6H2,1-2H3. The van der Waals surface area contributed by atoms with Crippen LogP contribution >= 0.6 is 12.6 Å². The molecular weight excluding hydrogens is 144 g/mol. The molecule has 60 valence electrons. The molecule has 2 heteroatoms. The van der Waals surface area contributed by atoms with E-state index in [2.05, 4.69) is 19.6 Å². The molecule has 0 aliphatic carbocycles. The molecule has 10 heavy (non-hydrogen) atoms. The van der Waals surface area contributed by atoms with Gasteiger partial charge in [0.05, 0.1) is 0 Å². The first-order chi connectivity index (χ1) is 4.72. The normalized spacial score (nSPS) is 13.1.